The zero-order chi connectivity index (χ0) is 14.1. The van der Waals surface area contributed by atoms with Crippen molar-refractivity contribution in [3.05, 3.63) is 29.3 Å². The zero-order valence-electron chi connectivity index (χ0n) is 11.6. The summed E-state index contributed by atoms with van der Waals surface area (Å²) in [6, 6.07) is 5.36. The van der Waals surface area contributed by atoms with E-state index < -0.39 is 6.10 Å². The Morgan fingerprint density at radius 3 is 2.84 bits per heavy atom. The highest BCUT2D eigenvalue weighted by atomic mass is 16.5. The molecule has 0 radical (unpaired) electrons. The number of ether oxygens (including phenoxy) is 2. The van der Waals surface area contributed by atoms with Crippen LogP contribution in [0.1, 0.15) is 35.7 Å². The summed E-state index contributed by atoms with van der Waals surface area (Å²) < 4.78 is 10.7. The summed E-state index contributed by atoms with van der Waals surface area (Å²) in [6.07, 6.45) is 2.13. The molecule has 106 valence electrons. The number of aliphatic hydroxyl groups excluding tert-OH is 1. The Balaban J connectivity index is 2.37. The molecule has 0 saturated heterocycles. The lowest BCUT2D eigenvalue weighted by atomic mass is 10.1. The molecule has 0 aliphatic heterocycles. The van der Waals surface area contributed by atoms with Crippen molar-refractivity contribution >= 4 is 6.29 Å². The molecule has 4 heteroatoms. The van der Waals surface area contributed by atoms with Crippen molar-refractivity contribution in [3.8, 4) is 5.75 Å². The topological polar surface area (TPSA) is 55.8 Å². The summed E-state index contributed by atoms with van der Waals surface area (Å²) in [7, 11) is 0. The van der Waals surface area contributed by atoms with Crippen LogP contribution in [0.4, 0.5) is 0 Å². The Morgan fingerprint density at radius 1 is 1.37 bits per heavy atom. The van der Waals surface area contributed by atoms with E-state index in [-0.39, 0.29) is 13.2 Å². The third kappa shape index (κ3) is 5.85. The molecule has 0 fully saturated rings. The zero-order valence-corrected chi connectivity index (χ0v) is 11.6. The quantitative estimate of drug-likeness (QED) is 0.550. The molecular weight excluding hydrogens is 244 g/mol. The molecule has 1 rings (SSSR count). The summed E-state index contributed by atoms with van der Waals surface area (Å²) in [5.74, 6) is 0.494. The highest BCUT2D eigenvalue weighted by molar-refractivity contribution is 5.79. The number of rotatable bonds is 9. The van der Waals surface area contributed by atoms with E-state index in [4.69, 9.17) is 9.47 Å². The van der Waals surface area contributed by atoms with Crippen LogP contribution < -0.4 is 4.74 Å². The molecule has 0 amide bonds. The third-order valence-electron chi connectivity index (χ3n) is 2.68. The predicted molar refractivity (Wildman–Crippen MR) is 73.8 cm³/mol. The van der Waals surface area contributed by atoms with E-state index in [0.29, 0.717) is 17.9 Å². The highest BCUT2D eigenvalue weighted by Crippen LogP contribution is 2.18. The SMILES string of the molecule is CCCCOCC(O)COc1ccc(C)cc1C=O. The van der Waals surface area contributed by atoms with Gasteiger partial charge in [0.1, 0.15) is 18.5 Å². The highest BCUT2D eigenvalue weighted by Gasteiger charge is 2.08. The van der Waals surface area contributed by atoms with Crippen LogP contribution in [0, 0.1) is 6.92 Å². The summed E-state index contributed by atoms with van der Waals surface area (Å²) in [4.78, 5) is 10.9. The Labute approximate surface area is 114 Å². The number of aldehydes is 1. The van der Waals surface area contributed by atoms with Gasteiger partial charge in [0.2, 0.25) is 0 Å². The van der Waals surface area contributed by atoms with Crippen molar-refractivity contribution in [1.82, 2.24) is 0 Å². The van der Waals surface area contributed by atoms with Crippen LogP contribution in [0.5, 0.6) is 5.75 Å². The number of unbranched alkanes of at least 4 members (excludes halogenated alkanes) is 1. The lowest BCUT2D eigenvalue weighted by molar-refractivity contribution is 0.0112. The molecule has 0 heterocycles. The fourth-order valence-electron chi connectivity index (χ4n) is 1.59. The Bertz CT molecular complexity index is 390. The minimum atomic E-state index is -0.683. The minimum Gasteiger partial charge on any atom is -0.490 e. The number of hydrogen-bond donors (Lipinski definition) is 1. The average molecular weight is 266 g/mol. The van der Waals surface area contributed by atoms with E-state index in [1.165, 1.54) is 0 Å². The van der Waals surface area contributed by atoms with Gasteiger partial charge in [0, 0.05) is 6.61 Å². The number of benzene rings is 1. The molecule has 0 bridgehead atoms. The Hall–Kier alpha value is -1.39. The van der Waals surface area contributed by atoms with Gasteiger partial charge in [0.15, 0.2) is 6.29 Å². The van der Waals surface area contributed by atoms with Gasteiger partial charge in [-0.25, -0.2) is 0 Å². The van der Waals surface area contributed by atoms with Crippen molar-refractivity contribution in [2.45, 2.75) is 32.8 Å². The normalized spacial score (nSPS) is 12.2. The largest absolute Gasteiger partial charge is 0.490 e. The van der Waals surface area contributed by atoms with Crippen molar-refractivity contribution < 1.29 is 19.4 Å². The average Bonchev–Trinajstić information content (AvgIpc) is 2.42. The van der Waals surface area contributed by atoms with Crippen molar-refractivity contribution in [2.24, 2.45) is 0 Å². The van der Waals surface area contributed by atoms with E-state index in [2.05, 4.69) is 6.92 Å². The van der Waals surface area contributed by atoms with E-state index in [9.17, 15) is 9.90 Å². The number of aryl methyl sites for hydroxylation is 1. The van der Waals surface area contributed by atoms with Crippen molar-refractivity contribution in [3.63, 3.8) is 0 Å². The monoisotopic (exact) mass is 266 g/mol. The molecule has 1 N–H and O–H groups in total. The summed E-state index contributed by atoms with van der Waals surface area (Å²) in [5.41, 5.74) is 1.50. The molecule has 1 atom stereocenters. The van der Waals surface area contributed by atoms with Crippen LogP contribution in [0.25, 0.3) is 0 Å². The van der Waals surface area contributed by atoms with Crippen LogP contribution in [-0.4, -0.2) is 37.3 Å². The van der Waals surface area contributed by atoms with Gasteiger partial charge in [0.05, 0.1) is 12.2 Å². The molecule has 1 unspecified atom stereocenters. The third-order valence-corrected chi connectivity index (χ3v) is 2.68. The maximum atomic E-state index is 10.9. The summed E-state index contributed by atoms with van der Waals surface area (Å²) >= 11 is 0. The fourth-order valence-corrected chi connectivity index (χ4v) is 1.59. The molecule has 19 heavy (non-hydrogen) atoms. The van der Waals surface area contributed by atoms with E-state index in [0.717, 1.165) is 24.7 Å². The fraction of sp³-hybridized carbons (Fsp3) is 0.533. The van der Waals surface area contributed by atoms with Gasteiger partial charge >= 0.3 is 0 Å². The lowest BCUT2D eigenvalue weighted by Gasteiger charge is -2.14. The molecule has 1 aromatic carbocycles. The van der Waals surface area contributed by atoms with Gasteiger partial charge < -0.3 is 14.6 Å². The van der Waals surface area contributed by atoms with Gasteiger partial charge in [0.25, 0.3) is 0 Å². The molecule has 0 saturated carbocycles. The molecule has 0 aliphatic rings. The number of hydrogen-bond acceptors (Lipinski definition) is 4. The lowest BCUT2D eigenvalue weighted by Crippen LogP contribution is -2.24. The maximum absolute atomic E-state index is 10.9. The van der Waals surface area contributed by atoms with Gasteiger partial charge in [-0.05, 0) is 25.5 Å². The molecule has 0 aromatic heterocycles. The van der Waals surface area contributed by atoms with Gasteiger partial charge in [-0.3, -0.25) is 4.79 Å². The number of carbonyl (C=O) groups excluding carboxylic acids is 1. The Kier molecular flexibility index (Phi) is 7.15. The van der Waals surface area contributed by atoms with Crippen LogP contribution in [0.3, 0.4) is 0 Å². The standard InChI is InChI=1S/C15H22O4/c1-3-4-7-18-10-14(17)11-19-15-6-5-12(2)8-13(15)9-16/h5-6,8-9,14,17H,3-4,7,10-11H2,1-2H3. The molecular formula is C15H22O4. The van der Waals surface area contributed by atoms with E-state index in [1.807, 2.05) is 13.0 Å². The minimum absolute atomic E-state index is 0.121. The van der Waals surface area contributed by atoms with Crippen LogP contribution >= 0.6 is 0 Å². The first kappa shape index (κ1) is 15.7. The molecule has 0 aliphatic carbocycles. The first-order valence-electron chi connectivity index (χ1n) is 6.61. The van der Waals surface area contributed by atoms with Crippen LogP contribution in [-0.2, 0) is 4.74 Å². The number of carbonyl (C=O) groups is 1. The Morgan fingerprint density at radius 2 is 2.16 bits per heavy atom. The molecule has 1 aromatic rings. The van der Waals surface area contributed by atoms with Crippen molar-refractivity contribution in [1.29, 1.82) is 0 Å². The van der Waals surface area contributed by atoms with E-state index in [1.54, 1.807) is 12.1 Å². The summed E-state index contributed by atoms with van der Waals surface area (Å²) in [6.45, 7) is 5.02. The second-order valence-corrected chi connectivity index (χ2v) is 4.55. The predicted octanol–water partition coefficient (Wildman–Crippen LogP) is 2.36. The van der Waals surface area contributed by atoms with Crippen LogP contribution in [0.2, 0.25) is 0 Å². The second-order valence-electron chi connectivity index (χ2n) is 4.55. The first-order chi connectivity index (χ1) is 9.17. The maximum Gasteiger partial charge on any atom is 0.153 e. The van der Waals surface area contributed by atoms with Crippen LogP contribution in [0.15, 0.2) is 18.2 Å². The van der Waals surface area contributed by atoms with E-state index >= 15 is 0 Å². The van der Waals surface area contributed by atoms with Gasteiger partial charge in [-0.15, -0.1) is 0 Å². The smallest absolute Gasteiger partial charge is 0.153 e. The second kappa shape index (κ2) is 8.67. The molecule has 4 nitrogen and oxygen atoms in total. The first-order valence-corrected chi connectivity index (χ1v) is 6.61. The van der Waals surface area contributed by atoms with Gasteiger partial charge in [-0.2, -0.15) is 0 Å². The number of aliphatic hydroxyl groups is 1. The molecule has 0 spiro atoms. The van der Waals surface area contributed by atoms with Crippen molar-refractivity contribution in [2.75, 3.05) is 19.8 Å². The van der Waals surface area contributed by atoms with Gasteiger partial charge in [-0.1, -0.05) is 25.0 Å². The summed E-state index contributed by atoms with van der Waals surface area (Å²) in [5, 5.41) is 9.69.